The van der Waals surface area contributed by atoms with E-state index < -0.39 is 0 Å². The van der Waals surface area contributed by atoms with Crippen LogP contribution in [0.4, 0.5) is 22.0 Å². The van der Waals surface area contributed by atoms with Crippen LogP contribution in [0.1, 0.15) is 30.6 Å². The highest BCUT2D eigenvalue weighted by molar-refractivity contribution is 5.84. The molecule has 0 fully saturated rings. The first-order valence-electron chi connectivity index (χ1n) is 9.20. The van der Waals surface area contributed by atoms with Crippen molar-refractivity contribution >= 4 is 28.5 Å². The third kappa shape index (κ3) is 3.33. The molecule has 0 spiro atoms. The van der Waals surface area contributed by atoms with Crippen molar-refractivity contribution in [2.24, 2.45) is 0 Å². The molecule has 3 aromatic heterocycles. The Kier molecular flexibility index (Phi) is 4.85. The number of pyridine rings is 1. The molecule has 0 aliphatic heterocycles. The van der Waals surface area contributed by atoms with Gasteiger partial charge in [0, 0.05) is 17.6 Å². The molecule has 3 heterocycles. The average Bonchev–Trinajstić information content (AvgIpc) is 3.10. The van der Waals surface area contributed by atoms with Gasteiger partial charge < -0.3 is 16.8 Å². The van der Waals surface area contributed by atoms with E-state index >= 15 is 0 Å². The summed E-state index contributed by atoms with van der Waals surface area (Å²) in [7, 11) is 0. The normalized spacial score (nSPS) is 11.9. The molecule has 0 saturated heterocycles. The SMILES string of the molecule is CC[C@H](Nc1nc(N)nc(N)c1C#N)c1nn(-c2cccnc2)c2cc(F)ccc12. The Morgan fingerprint density at radius 1 is 1.27 bits per heavy atom. The van der Waals surface area contributed by atoms with Crippen LogP contribution < -0.4 is 16.8 Å². The number of hydrogen-bond donors (Lipinski definition) is 3. The number of nitrogens with zero attached hydrogens (tertiary/aromatic N) is 6. The molecule has 5 N–H and O–H groups in total. The second kappa shape index (κ2) is 7.63. The summed E-state index contributed by atoms with van der Waals surface area (Å²) in [6.45, 7) is 1.95. The highest BCUT2D eigenvalue weighted by atomic mass is 19.1. The molecule has 4 rings (SSSR count). The molecular weight excluding hydrogens is 385 g/mol. The molecular formula is C20H18FN9. The van der Waals surface area contributed by atoms with Gasteiger partial charge in [-0.05, 0) is 30.7 Å². The van der Waals surface area contributed by atoms with Gasteiger partial charge in [0.05, 0.1) is 29.1 Å². The number of nitrogen functional groups attached to an aromatic ring is 2. The summed E-state index contributed by atoms with van der Waals surface area (Å²) < 4.78 is 15.6. The van der Waals surface area contributed by atoms with Crippen LogP contribution in [0.2, 0.25) is 0 Å². The summed E-state index contributed by atoms with van der Waals surface area (Å²) in [5.41, 5.74) is 13.6. The maximum absolute atomic E-state index is 14.0. The Morgan fingerprint density at radius 3 is 2.80 bits per heavy atom. The van der Waals surface area contributed by atoms with E-state index in [4.69, 9.17) is 16.6 Å². The highest BCUT2D eigenvalue weighted by Crippen LogP contribution is 2.31. The molecule has 0 aliphatic rings. The van der Waals surface area contributed by atoms with E-state index in [-0.39, 0.29) is 35.0 Å². The number of rotatable bonds is 5. The summed E-state index contributed by atoms with van der Waals surface area (Å²) >= 11 is 0. The van der Waals surface area contributed by atoms with E-state index in [1.54, 1.807) is 29.2 Å². The van der Waals surface area contributed by atoms with E-state index in [1.165, 1.54) is 12.1 Å². The Morgan fingerprint density at radius 2 is 2.10 bits per heavy atom. The number of nitrogens with two attached hydrogens (primary N) is 2. The summed E-state index contributed by atoms with van der Waals surface area (Å²) in [5, 5.41) is 18.1. The van der Waals surface area contributed by atoms with Crippen LogP contribution >= 0.6 is 0 Å². The third-order valence-corrected chi connectivity index (χ3v) is 4.68. The van der Waals surface area contributed by atoms with E-state index in [0.717, 1.165) is 5.39 Å². The number of nitriles is 1. The van der Waals surface area contributed by atoms with E-state index in [2.05, 4.69) is 20.3 Å². The maximum atomic E-state index is 14.0. The van der Waals surface area contributed by atoms with E-state index in [9.17, 15) is 9.65 Å². The van der Waals surface area contributed by atoms with Gasteiger partial charge >= 0.3 is 0 Å². The minimum atomic E-state index is -0.372. The number of nitrogens with one attached hydrogen (secondary N) is 1. The summed E-state index contributed by atoms with van der Waals surface area (Å²) in [6.07, 6.45) is 3.90. The van der Waals surface area contributed by atoms with E-state index in [1.807, 2.05) is 19.1 Å². The monoisotopic (exact) mass is 403 g/mol. The first-order valence-corrected chi connectivity index (χ1v) is 9.20. The molecule has 10 heteroatoms. The van der Waals surface area contributed by atoms with Crippen molar-refractivity contribution in [3.8, 4) is 11.8 Å². The maximum Gasteiger partial charge on any atom is 0.224 e. The van der Waals surface area contributed by atoms with Gasteiger partial charge in [-0.3, -0.25) is 4.98 Å². The van der Waals surface area contributed by atoms with Crippen LogP contribution in [0.3, 0.4) is 0 Å². The molecule has 4 aromatic rings. The third-order valence-electron chi connectivity index (χ3n) is 4.68. The average molecular weight is 403 g/mol. The standard InChI is InChI=1S/C20H18FN9/c1-2-15(26-19-14(9-22)18(23)27-20(24)28-19)17-13-6-5-11(21)8-16(13)30(29-17)12-4-3-7-25-10-12/h3-8,10,15H,2H2,1H3,(H5,23,24,26,27,28)/t15-/m0/s1. The number of hydrogen-bond acceptors (Lipinski definition) is 8. The van der Waals surface area contributed by atoms with Gasteiger partial charge in [-0.2, -0.15) is 20.3 Å². The zero-order valence-corrected chi connectivity index (χ0v) is 16.0. The van der Waals surface area contributed by atoms with Crippen molar-refractivity contribution in [1.29, 1.82) is 5.26 Å². The fraction of sp³-hybridized carbons (Fsp3) is 0.150. The Hall–Kier alpha value is -4.26. The molecule has 1 atom stereocenters. The minimum Gasteiger partial charge on any atom is -0.382 e. The fourth-order valence-electron chi connectivity index (χ4n) is 3.28. The van der Waals surface area contributed by atoms with Crippen LogP contribution in [0.15, 0.2) is 42.7 Å². The van der Waals surface area contributed by atoms with Crippen LogP contribution in [-0.4, -0.2) is 24.7 Å². The first kappa shape index (κ1) is 19.1. The van der Waals surface area contributed by atoms with Crippen molar-refractivity contribution in [3.63, 3.8) is 0 Å². The Bertz CT molecular complexity index is 1260. The smallest absolute Gasteiger partial charge is 0.224 e. The van der Waals surface area contributed by atoms with Gasteiger partial charge in [-0.1, -0.05) is 6.92 Å². The largest absolute Gasteiger partial charge is 0.382 e. The number of halogens is 1. The predicted molar refractivity (Wildman–Crippen MR) is 111 cm³/mol. The van der Waals surface area contributed by atoms with Crippen LogP contribution in [0.25, 0.3) is 16.6 Å². The molecule has 150 valence electrons. The van der Waals surface area contributed by atoms with Crippen molar-refractivity contribution in [2.45, 2.75) is 19.4 Å². The van der Waals surface area contributed by atoms with Crippen LogP contribution in [0.5, 0.6) is 0 Å². The zero-order chi connectivity index (χ0) is 21.3. The van der Waals surface area contributed by atoms with Crippen molar-refractivity contribution < 1.29 is 4.39 Å². The number of aromatic nitrogens is 5. The summed E-state index contributed by atoms with van der Waals surface area (Å²) in [6, 6.07) is 9.75. The number of anilines is 3. The molecule has 0 saturated carbocycles. The van der Waals surface area contributed by atoms with Crippen molar-refractivity contribution in [1.82, 2.24) is 24.7 Å². The minimum absolute atomic E-state index is 0.00447. The number of benzene rings is 1. The lowest BCUT2D eigenvalue weighted by molar-refractivity contribution is 0.629. The predicted octanol–water partition coefficient (Wildman–Crippen LogP) is 2.95. The van der Waals surface area contributed by atoms with E-state index in [0.29, 0.717) is 23.3 Å². The zero-order valence-electron chi connectivity index (χ0n) is 16.0. The fourth-order valence-corrected chi connectivity index (χ4v) is 3.28. The summed E-state index contributed by atoms with van der Waals surface area (Å²) in [5.74, 6) is -0.199. The Labute approximate surface area is 171 Å². The van der Waals surface area contributed by atoms with Gasteiger partial charge in [-0.25, -0.2) is 9.07 Å². The van der Waals surface area contributed by atoms with Crippen LogP contribution in [-0.2, 0) is 0 Å². The molecule has 9 nitrogen and oxygen atoms in total. The van der Waals surface area contributed by atoms with Gasteiger partial charge in [0.15, 0.2) is 5.82 Å². The second-order valence-electron chi connectivity index (χ2n) is 6.58. The van der Waals surface area contributed by atoms with Crippen LogP contribution in [0, 0.1) is 17.1 Å². The molecule has 0 bridgehead atoms. The molecule has 0 amide bonds. The van der Waals surface area contributed by atoms with Gasteiger partial charge in [0.2, 0.25) is 5.95 Å². The lowest BCUT2D eigenvalue weighted by Crippen LogP contribution is -2.15. The first-order chi connectivity index (χ1) is 14.5. The summed E-state index contributed by atoms with van der Waals surface area (Å²) in [4.78, 5) is 12.1. The second-order valence-corrected chi connectivity index (χ2v) is 6.58. The Balaban J connectivity index is 1.85. The topological polar surface area (TPSA) is 144 Å². The molecule has 1 aromatic carbocycles. The molecule has 0 unspecified atom stereocenters. The quantitative estimate of drug-likeness (QED) is 0.461. The van der Waals surface area contributed by atoms with Crippen molar-refractivity contribution in [3.05, 3.63) is 59.8 Å². The lowest BCUT2D eigenvalue weighted by atomic mass is 10.1. The van der Waals surface area contributed by atoms with Gasteiger partial charge in [0.1, 0.15) is 23.3 Å². The lowest BCUT2D eigenvalue weighted by Gasteiger charge is -2.17. The molecule has 30 heavy (non-hydrogen) atoms. The van der Waals surface area contributed by atoms with Crippen molar-refractivity contribution in [2.75, 3.05) is 16.8 Å². The molecule has 0 aliphatic carbocycles. The number of fused-ring (bicyclic) bond motifs is 1. The van der Waals surface area contributed by atoms with Gasteiger partial charge in [-0.15, -0.1) is 0 Å². The molecule has 0 radical (unpaired) electrons. The van der Waals surface area contributed by atoms with Gasteiger partial charge in [0.25, 0.3) is 0 Å². The highest BCUT2D eigenvalue weighted by Gasteiger charge is 2.22.